The van der Waals surface area contributed by atoms with Crippen LogP contribution in [0.4, 0.5) is 4.39 Å². The van der Waals surface area contributed by atoms with Gasteiger partial charge in [-0.25, -0.2) is 4.39 Å². The molecule has 0 radical (unpaired) electrons. The number of nitrogens with one attached hydrogen (secondary N) is 1. The van der Waals surface area contributed by atoms with Crippen LogP contribution in [0.5, 0.6) is 11.5 Å². The van der Waals surface area contributed by atoms with Crippen LogP contribution in [0.15, 0.2) is 42.5 Å². The molecule has 0 saturated heterocycles. The van der Waals surface area contributed by atoms with Gasteiger partial charge in [0, 0.05) is 13.0 Å². The summed E-state index contributed by atoms with van der Waals surface area (Å²) < 4.78 is 24.5. The second-order valence-electron chi connectivity index (χ2n) is 5.67. The topological polar surface area (TPSA) is 47.6 Å². The predicted molar refractivity (Wildman–Crippen MR) is 88.9 cm³/mol. The molecule has 1 aliphatic heterocycles. The highest BCUT2D eigenvalue weighted by Gasteiger charge is 2.11. The molecule has 0 saturated carbocycles. The molecular weight excluding hydrogens is 309 g/mol. The van der Waals surface area contributed by atoms with Gasteiger partial charge in [0.15, 0.2) is 11.5 Å². The molecular formula is C19H20FNO3. The quantitative estimate of drug-likeness (QED) is 0.886. The Morgan fingerprint density at radius 1 is 1.04 bits per heavy atom. The second-order valence-corrected chi connectivity index (χ2v) is 5.67. The number of hydrogen-bond donors (Lipinski definition) is 1. The summed E-state index contributed by atoms with van der Waals surface area (Å²) >= 11 is 0. The molecule has 5 heteroatoms. The fourth-order valence-corrected chi connectivity index (χ4v) is 2.63. The van der Waals surface area contributed by atoms with Crippen molar-refractivity contribution in [1.29, 1.82) is 0 Å². The highest BCUT2D eigenvalue weighted by molar-refractivity contribution is 5.76. The van der Waals surface area contributed by atoms with Crippen LogP contribution in [-0.4, -0.2) is 25.7 Å². The molecule has 1 amide bonds. The van der Waals surface area contributed by atoms with Crippen molar-refractivity contribution in [2.24, 2.45) is 0 Å². The number of carbonyl (C=O) groups is 1. The van der Waals surface area contributed by atoms with Crippen molar-refractivity contribution in [3.8, 4) is 11.5 Å². The van der Waals surface area contributed by atoms with E-state index in [9.17, 15) is 9.18 Å². The van der Waals surface area contributed by atoms with E-state index in [4.69, 9.17) is 9.47 Å². The summed E-state index contributed by atoms with van der Waals surface area (Å²) in [5, 5.41) is 2.87. The van der Waals surface area contributed by atoms with Gasteiger partial charge >= 0.3 is 0 Å². The van der Waals surface area contributed by atoms with Crippen LogP contribution in [-0.2, 0) is 17.6 Å². The molecule has 1 N–H and O–H groups in total. The first-order valence-corrected chi connectivity index (χ1v) is 8.11. The monoisotopic (exact) mass is 329 g/mol. The molecule has 0 fully saturated rings. The molecule has 0 aromatic heterocycles. The fraction of sp³-hybridized carbons (Fsp3) is 0.316. The van der Waals surface area contributed by atoms with Gasteiger partial charge in [0.1, 0.15) is 19.0 Å². The first-order valence-electron chi connectivity index (χ1n) is 8.11. The van der Waals surface area contributed by atoms with E-state index in [-0.39, 0.29) is 18.1 Å². The normalized spacial score (nSPS) is 12.7. The van der Waals surface area contributed by atoms with Gasteiger partial charge in [0.25, 0.3) is 0 Å². The zero-order chi connectivity index (χ0) is 16.8. The Labute approximate surface area is 140 Å². The minimum absolute atomic E-state index is 0.0733. The van der Waals surface area contributed by atoms with E-state index in [0.29, 0.717) is 38.2 Å². The first-order chi connectivity index (χ1) is 11.7. The Balaban J connectivity index is 1.43. The first kappa shape index (κ1) is 16.3. The van der Waals surface area contributed by atoms with Gasteiger partial charge in [-0.1, -0.05) is 24.3 Å². The largest absolute Gasteiger partial charge is 0.486 e. The molecule has 1 aliphatic rings. The molecule has 0 spiro atoms. The van der Waals surface area contributed by atoms with E-state index in [1.165, 1.54) is 6.07 Å². The molecule has 4 nitrogen and oxygen atoms in total. The third-order valence-corrected chi connectivity index (χ3v) is 3.92. The summed E-state index contributed by atoms with van der Waals surface area (Å²) in [6.07, 6.45) is 1.40. The van der Waals surface area contributed by atoms with Crippen molar-refractivity contribution >= 4 is 5.91 Å². The van der Waals surface area contributed by atoms with Gasteiger partial charge in [-0.3, -0.25) is 4.79 Å². The zero-order valence-corrected chi connectivity index (χ0v) is 13.4. The van der Waals surface area contributed by atoms with Crippen molar-refractivity contribution in [3.63, 3.8) is 0 Å². The molecule has 0 aliphatic carbocycles. The lowest BCUT2D eigenvalue weighted by molar-refractivity contribution is -0.121. The smallest absolute Gasteiger partial charge is 0.220 e. The number of benzene rings is 2. The third kappa shape index (κ3) is 4.25. The maximum absolute atomic E-state index is 13.5. The lowest BCUT2D eigenvalue weighted by Crippen LogP contribution is -2.26. The third-order valence-electron chi connectivity index (χ3n) is 3.92. The van der Waals surface area contributed by atoms with Crippen LogP contribution < -0.4 is 14.8 Å². The van der Waals surface area contributed by atoms with Crippen molar-refractivity contribution in [1.82, 2.24) is 5.32 Å². The Morgan fingerprint density at radius 3 is 2.67 bits per heavy atom. The predicted octanol–water partition coefficient (Wildman–Crippen LogP) is 2.89. The maximum Gasteiger partial charge on any atom is 0.220 e. The minimum Gasteiger partial charge on any atom is -0.486 e. The zero-order valence-electron chi connectivity index (χ0n) is 13.4. The molecule has 1 heterocycles. The van der Waals surface area contributed by atoms with Gasteiger partial charge in [-0.2, -0.15) is 0 Å². The summed E-state index contributed by atoms with van der Waals surface area (Å²) in [5.41, 5.74) is 1.65. The molecule has 126 valence electrons. The van der Waals surface area contributed by atoms with E-state index < -0.39 is 0 Å². The molecule has 3 rings (SSSR count). The van der Waals surface area contributed by atoms with Crippen molar-refractivity contribution in [2.45, 2.75) is 19.3 Å². The van der Waals surface area contributed by atoms with Gasteiger partial charge in [0.2, 0.25) is 5.91 Å². The van der Waals surface area contributed by atoms with E-state index in [1.54, 1.807) is 18.2 Å². The number of ether oxygens (including phenoxy) is 2. The van der Waals surface area contributed by atoms with Crippen molar-refractivity contribution in [2.75, 3.05) is 19.8 Å². The maximum atomic E-state index is 13.5. The summed E-state index contributed by atoms with van der Waals surface area (Å²) in [6, 6.07) is 12.3. The Hall–Kier alpha value is -2.56. The summed E-state index contributed by atoms with van der Waals surface area (Å²) in [4.78, 5) is 11.9. The van der Waals surface area contributed by atoms with Gasteiger partial charge in [-0.15, -0.1) is 0 Å². The minimum atomic E-state index is -0.262. The molecule has 0 unspecified atom stereocenters. The molecule has 0 atom stereocenters. The van der Waals surface area contributed by atoms with E-state index in [2.05, 4.69) is 5.32 Å². The number of aryl methyl sites for hydroxylation is 1. The lowest BCUT2D eigenvalue weighted by Gasteiger charge is -2.18. The van der Waals surface area contributed by atoms with E-state index in [1.807, 2.05) is 18.2 Å². The highest BCUT2D eigenvalue weighted by atomic mass is 19.1. The number of hydrogen-bond acceptors (Lipinski definition) is 3. The number of carbonyl (C=O) groups excluding carboxylic acids is 1. The number of fused-ring (bicyclic) bond motifs is 1. The molecule has 2 aromatic carbocycles. The fourth-order valence-electron chi connectivity index (χ4n) is 2.63. The average Bonchev–Trinajstić information content (AvgIpc) is 2.61. The highest BCUT2D eigenvalue weighted by Crippen LogP contribution is 2.30. The summed E-state index contributed by atoms with van der Waals surface area (Å²) in [6.45, 7) is 1.67. The van der Waals surface area contributed by atoms with Gasteiger partial charge < -0.3 is 14.8 Å². The molecule has 24 heavy (non-hydrogen) atoms. The van der Waals surface area contributed by atoms with Crippen molar-refractivity contribution < 1.29 is 18.7 Å². The Morgan fingerprint density at radius 2 is 1.83 bits per heavy atom. The van der Waals surface area contributed by atoms with Crippen LogP contribution in [0.2, 0.25) is 0 Å². The van der Waals surface area contributed by atoms with Crippen LogP contribution in [0.3, 0.4) is 0 Å². The van der Waals surface area contributed by atoms with Crippen LogP contribution >= 0.6 is 0 Å². The Kier molecular flexibility index (Phi) is 5.31. The summed E-state index contributed by atoms with van der Waals surface area (Å²) in [5.74, 6) is 1.18. The van der Waals surface area contributed by atoms with Crippen molar-refractivity contribution in [3.05, 3.63) is 59.4 Å². The van der Waals surface area contributed by atoms with E-state index in [0.717, 1.165) is 17.1 Å². The van der Waals surface area contributed by atoms with Crippen LogP contribution in [0.25, 0.3) is 0 Å². The summed E-state index contributed by atoms with van der Waals surface area (Å²) in [7, 11) is 0. The standard InChI is InChI=1S/C19H20FNO3/c20-16-4-2-1-3-15(16)6-8-19(22)21-10-9-14-5-7-17-18(13-14)24-12-11-23-17/h1-5,7,13H,6,8-12H2,(H,21,22). The van der Waals surface area contributed by atoms with Crippen LogP contribution in [0.1, 0.15) is 17.5 Å². The second kappa shape index (κ2) is 7.81. The van der Waals surface area contributed by atoms with Gasteiger partial charge in [0.05, 0.1) is 0 Å². The lowest BCUT2D eigenvalue weighted by atomic mass is 10.1. The van der Waals surface area contributed by atoms with Gasteiger partial charge in [-0.05, 0) is 42.2 Å². The molecule has 0 bridgehead atoms. The number of rotatable bonds is 6. The number of amides is 1. The Bertz CT molecular complexity index is 718. The van der Waals surface area contributed by atoms with Crippen LogP contribution in [0, 0.1) is 5.82 Å². The average molecular weight is 329 g/mol. The number of halogens is 1. The van der Waals surface area contributed by atoms with E-state index >= 15 is 0 Å². The molecule has 2 aromatic rings. The SMILES string of the molecule is O=C(CCc1ccccc1F)NCCc1ccc2c(c1)OCCO2.